The Morgan fingerprint density at radius 1 is 1.00 bits per heavy atom. The molecular formula is C19H19BrF2N2O. The Hall–Kier alpha value is -1.79. The summed E-state index contributed by atoms with van der Waals surface area (Å²) in [4.78, 5) is 16.6. The quantitative estimate of drug-likeness (QED) is 0.763. The molecule has 25 heavy (non-hydrogen) atoms. The second-order valence-corrected chi connectivity index (χ2v) is 7.09. The fraction of sp³-hybridized carbons (Fsp3) is 0.316. The molecule has 2 aromatic rings. The third-order valence-corrected chi connectivity index (χ3v) is 4.85. The van der Waals surface area contributed by atoms with Crippen LogP contribution in [0.25, 0.3) is 0 Å². The summed E-state index contributed by atoms with van der Waals surface area (Å²) in [5, 5.41) is 0. The summed E-state index contributed by atoms with van der Waals surface area (Å²) < 4.78 is 27.6. The molecule has 6 heteroatoms. The van der Waals surface area contributed by atoms with Crippen LogP contribution in [0.3, 0.4) is 0 Å². The largest absolute Gasteiger partial charge is 0.337 e. The number of benzene rings is 2. The van der Waals surface area contributed by atoms with Gasteiger partial charge in [-0.1, -0.05) is 28.1 Å². The van der Waals surface area contributed by atoms with E-state index in [4.69, 9.17) is 0 Å². The Labute approximate surface area is 154 Å². The van der Waals surface area contributed by atoms with Gasteiger partial charge in [0.1, 0.15) is 11.6 Å². The average Bonchev–Trinajstić information content (AvgIpc) is 2.84. The highest BCUT2D eigenvalue weighted by Gasteiger charge is 2.22. The molecule has 0 aromatic heterocycles. The van der Waals surface area contributed by atoms with Crippen LogP contribution in [0.2, 0.25) is 0 Å². The van der Waals surface area contributed by atoms with Gasteiger partial charge in [0.15, 0.2) is 0 Å². The summed E-state index contributed by atoms with van der Waals surface area (Å²) in [5.74, 6) is -1.02. The highest BCUT2D eigenvalue weighted by Crippen LogP contribution is 2.18. The van der Waals surface area contributed by atoms with Crippen molar-refractivity contribution in [1.82, 2.24) is 9.80 Å². The Morgan fingerprint density at radius 2 is 1.76 bits per heavy atom. The first kappa shape index (κ1) is 18.0. The lowest BCUT2D eigenvalue weighted by Crippen LogP contribution is -2.35. The molecule has 0 atom stereocenters. The molecule has 132 valence electrons. The van der Waals surface area contributed by atoms with Gasteiger partial charge in [-0.3, -0.25) is 9.69 Å². The second-order valence-electron chi connectivity index (χ2n) is 6.17. The maximum absolute atomic E-state index is 14.0. The molecule has 1 fully saturated rings. The minimum atomic E-state index is -0.499. The van der Waals surface area contributed by atoms with Crippen LogP contribution >= 0.6 is 15.9 Å². The van der Waals surface area contributed by atoms with Crippen molar-refractivity contribution in [2.75, 3.05) is 26.2 Å². The van der Waals surface area contributed by atoms with Gasteiger partial charge in [0, 0.05) is 37.2 Å². The van der Waals surface area contributed by atoms with E-state index in [9.17, 15) is 13.6 Å². The normalized spacial score (nSPS) is 15.9. The van der Waals surface area contributed by atoms with Crippen LogP contribution in [0.4, 0.5) is 8.78 Å². The Morgan fingerprint density at radius 3 is 2.52 bits per heavy atom. The molecule has 0 bridgehead atoms. The van der Waals surface area contributed by atoms with Crippen molar-refractivity contribution in [3.8, 4) is 0 Å². The van der Waals surface area contributed by atoms with Gasteiger partial charge >= 0.3 is 0 Å². The monoisotopic (exact) mass is 408 g/mol. The molecule has 0 spiro atoms. The Balaban J connectivity index is 1.64. The third kappa shape index (κ3) is 4.64. The van der Waals surface area contributed by atoms with Crippen LogP contribution in [-0.4, -0.2) is 41.9 Å². The van der Waals surface area contributed by atoms with Gasteiger partial charge in [0.25, 0.3) is 5.91 Å². The first-order chi connectivity index (χ1) is 12.0. The number of carbonyl (C=O) groups is 1. The summed E-state index contributed by atoms with van der Waals surface area (Å²) in [6.45, 7) is 3.42. The highest BCUT2D eigenvalue weighted by molar-refractivity contribution is 9.10. The van der Waals surface area contributed by atoms with Crippen molar-refractivity contribution in [1.29, 1.82) is 0 Å². The van der Waals surface area contributed by atoms with Crippen molar-refractivity contribution in [2.45, 2.75) is 13.0 Å². The van der Waals surface area contributed by atoms with Gasteiger partial charge in [-0.15, -0.1) is 0 Å². The molecule has 1 aliphatic heterocycles. The Kier molecular flexibility index (Phi) is 5.81. The van der Waals surface area contributed by atoms with Gasteiger partial charge in [0.2, 0.25) is 0 Å². The molecule has 0 unspecified atom stereocenters. The molecule has 3 nitrogen and oxygen atoms in total. The molecule has 3 rings (SSSR count). The molecule has 1 saturated heterocycles. The minimum absolute atomic E-state index is 0.0985. The zero-order chi connectivity index (χ0) is 17.8. The average molecular weight is 409 g/mol. The van der Waals surface area contributed by atoms with E-state index in [1.165, 1.54) is 24.3 Å². The fourth-order valence-corrected chi connectivity index (χ4v) is 3.37. The van der Waals surface area contributed by atoms with Crippen molar-refractivity contribution in [2.24, 2.45) is 0 Å². The smallest absolute Gasteiger partial charge is 0.256 e. The predicted octanol–water partition coefficient (Wildman–Crippen LogP) is 4.08. The molecular weight excluding hydrogens is 390 g/mol. The van der Waals surface area contributed by atoms with E-state index in [0.717, 1.165) is 18.5 Å². The topological polar surface area (TPSA) is 23.6 Å². The van der Waals surface area contributed by atoms with Crippen LogP contribution < -0.4 is 0 Å². The maximum atomic E-state index is 14.0. The lowest BCUT2D eigenvalue weighted by molar-refractivity contribution is 0.0756. The van der Waals surface area contributed by atoms with Crippen LogP contribution in [-0.2, 0) is 6.54 Å². The Bertz CT molecular complexity index is 752. The molecule has 0 saturated carbocycles. The third-order valence-electron chi connectivity index (χ3n) is 4.35. The van der Waals surface area contributed by atoms with Gasteiger partial charge < -0.3 is 4.90 Å². The van der Waals surface area contributed by atoms with E-state index >= 15 is 0 Å². The highest BCUT2D eigenvalue weighted by atomic mass is 79.9. The maximum Gasteiger partial charge on any atom is 0.256 e. The predicted molar refractivity (Wildman–Crippen MR) is 96.3 cm³/mol. The van der Waals surface area contributed by atoms with Crippen molar-refractivity contribution in [3.63, 3.8) is 0 Å². The van der Waals surface area contributed by atoms with Crippen LogP contribution in [0, 0.1) is 11.6 Å². The van der Waals surface area contributed by atoms with Gasteiger partial charge in [-0.2, -0.15) is 0 Å². The van der Waals surface area contributed by atoms with E-state index in [1.54, 1.807) is 23.1 Å². The summed E-state index contributed by atoms with van der Waals surface area (Å²) in [5.41, 5.74) is 1.14. The molecule has 1 heterocycles. The number of halogens is 3. The number of hydrogen-bond donors (Lipinski definition) is 0. The molecule has 0 N–H and O–H groups in total. The van der Waals surface area contributed by atoms with E-state index in [-0.39, 0.29) is 17.3 Å². The van der Waals surface area contributed by atoms with E-state index in [1.807, 2.05) is 0 Å². The van der Waals surface area contributed by atoms with Crippen LogP contribution in [0.1, 0.15) is 22.3 Å². The minimum Gasteiger partial charge on any atom is -0.337 e. The number of hydrogen-bond acceptors (Lipinski definition) is 2. The molecule has 2 aromatic carbocycles. The van der Waals surface area contributed by atoms with Gasteiger partial charge in [0.05, 0.1) is 5.56 Å². The summed E-state index contributed by atoms with van der Waals surface area (Å²) in [6.07, 6.45) is 0.822. The lowest BCUT2D eigenvalue weighted by atomic mass is 10.2. The zero-order valence-electron chi connectivity index (χ0n) is 13.7. The van der Waals surface area contributed by atoms with Crippen LogP contribution in [0.5, 0.6) is 0 Å². The summed E-state index contributed by atoms with van der Waals surface area (Å²) >= 11 is 3.28. The molecule has 1 amide bonds. The molecule has 0 radical (unpaired) electrons. The van der Waals surface area contributed by atoms with Crippen LogP contribution in [0.15, 0.2) is 46.9 Å². The fourth-order valence-electron chi connectivity index (χ4n) is 3.01. The first-order valence-corrected chi connectivity index (χ1v) is 9.03. The lowest BCUT2D eigenvalue weighted by Gasteiger charge is -2.22. The van der Waals surface area contributed by atoms with Gasteiger partial charge in [-0.05, 0) is 42.3 Å². The van der Waals surface area contributed by atoms with Crippen molar-refractivity contribution in [3.05, 3.63) is 69.7 Å². The van der Waals surface area contributed by atoms with Crippen molar-refractivity contribution >= 4 is 21.8 Å². The van der Waals surface area contributed by atoms with E-state index < -0.39 is 5.82 Å². The zero-order valence-corrected chi connectivity index (χ0v) is 15.3. The number of nitrogens with zero attached hydrogens (tertiary/aromatic N) is 2. The summed E-state index contributed by atoms with van der Waals surface area (Å²) in [6, 6.07) is 10.9. The number of amides is 1. The number of carbonyl (C=O) groups excluding carboxylic acids is 1. The SMILES string of the molecule is O=C(c1cc(Br)ccc1F)N1CCCN(Cc2ccc(F)cc2)CC1. The van der Waals surface area contributed by atoms with Gasteiger partial charge in [-0.25, -0.2) is 8.78 Å². The van der Waals surface area contributed by atoms with Crippen molar-refractivity contribution < 1.29 is 13.6 Å². The number of rotatable bonds is 3. The van der Waals surface area contributed by atoms with E-state index in [2.05, 4.69) is 20.8 Å². The first-order valence-electron chi connectivity index (χ1n) is 8.24. The molecule has 1 aliphatic rings. The standard InChI is InChI=1S/C19H19BrF2N2O/c20-15-4-7-18(22)17(12-15)19(25)24-9-1-8-23(10-11-24)13-14-2-5-16(21)6-3-14/h2-7,12H,1,8-11,13H2. The summed E-state index contributed by atoms with van der Waals surface area (Å²) in [7, 11) is 0. The van der Waals surface area contributed by atoms with E-state index in [0.29, 0.717) is 30.7 Å². The molecule has 0 aliphatic carbocycles. The second kappa shape index (κ2) is 8.06.